The highest BCUT2D eigenvalue weighted by Gasteiger charge is 2.12. The van der Waals surface area contributed by atoms with Crippen molar-refractivity contribution in [2.24, 2.45) is 0 Å². The highest BCUT2D eigenvalue weighted by atomic mass is 15.1. The van der Waals surface area contributed by atoms with Crippen LogP contribution in [-0.4, -0.2) is 18.0 Å². The molecule has 0 atom stereocenters. The first-order valence-electron chi connectivity index (χ1n) is 6.79. The summed E-state index contributed by atoms with van der Waals surface area (Å²) in [5.41, 5.74) is 1.64. The Labute approximate surface area is 124 Å². The van der Waals surface area contributed by atoms with Gasteiger partial charge in [0, 0.05) is 12.2 Å². The van der Waals surface area contributed by atoms with Crippen molar-refractivity contribution in [1.29, 1.82) is 15.8 Å². The van der Waals surface area contributed by atoms with Gasteiger partial charge in [-0.1, -0.05) is 12.1 Å². The minimum atomic E-state index is -0.206. The summed E-state index contributed by atoms with van der Waals surface area (Å²) < 4.78 is 0. The van der Waals surface area contributed by atoms with Crippen molar-refractivity contribution < 1.29 is 0 Å². The average molecular weight is 277 g/mol. The Kier molecular flexibility index (Phi) is 4.94. The average Bonchev–Trinajstić information content (AvgIpc) is 3.00. The third-order valence-electron chi connectivity index (χ3n) is 3.39. The van der Waals surface area contributed by atoms with Gasteiger partial charge >= 0.3 is 0 Å². The van der Waals surface area contributed by atoms with Crippen LogP contribution in [0, 0.1) is 34.0 Å². The number of nitriles is 3. The maximum absolute atomic E-state index is 9.04. The van der Waals surface area contributed by atoms with Crippen molar-refractivity contribution in [1.82, 2.24) is 4.90 Å². The van der Waals surface area contributed by atoms with Crippen LogP contribution in [-0.2, 0) is 6.54 Å². The first-order valence-corrected chi connectivity index (χ1v) is 6.79. The van der Waals surface area contributed by atoms with E-state index in [0.29, 0.717) is 5.69 Å². The molecular formula is C16H15N5. The number of likely N-dealkylation sites (tertiary alicyclic amines) is 1. The summed E-state index contributed by atoms with van der Waals surface area (Å²) in [5, 5.41) is 29.5. The van der Waals surface area contributed by atoms with Crippen LogP contribution in [0.2, 0.25) is 0 Å². The largest absolute Gasteiger partial charge is 0.345 e. The van der Waals surface area contributed by atoms with Gasteiger partial charge in [-0.2, -0.15) is 15.8 Å². The quantitative estimate of drug-likeness (QED) is 0.854. The standard InChI is InChI=1S/C16H15N5/c17-9-14(10-18)16(11-19)20-15-5-3-4-13(8-15)12-21-6-1-2-7-21/h3-5,8,20H,1-2,6-7,12H2. The second-order valence-corrected chi connectivity index (χ2v) is 4.89. The molecule has 1 aliphatic heterocycles. The Morgan fingerprint density at radius 1 is 1.10 bits per heavy atom. The molecule has 2 rings (SSSR count). The molecule has 0 amide bonds. The van der Waals surface area contributed by atoms with Crippen LogP contribution >= 0.6 is 0 Å². The zero-order valence-corrected chi connectivity index (χ0v) is 11.6. The zero-order chi connectivity index (χ0) is 15.1. The maximum atomic E-state index is 9.04. The normalized spacial score (nSPS) is 13.8. The van der Waals surface area contributed by atoms with Crippen molar-refractivity contribution in [3.8, 4) is 18.2 Å². The molecule has 21 heavy (non-hydrogen) atoms. The molecule has 1 aromatic carbocycles. The molecule has 0 saturated carbocycles. The number of rotatable bonds is 4. The third kappa shape index (κ3) is 3.83. The second kappa shape index (κ2) is 7.10. The third-order valence-corrected chi connectivity index (χ3v) is 3.39. The predicted molar refractivity (Wildman–Crippen MR) is 78.4 cm³/mol. The summed E-state index contributed by atoms with van der Waals surface area (Å²) in [7, 11) is 0. The van der Waals surface area contributed by atoms with Crippen molar-refractivity contribution in [3.05, 3.63) is 41.1 Å². The minimum absolute atomic E-state index is 0.0154. The molecule has 0 aromatic heterocycles. The number of benzene rings is 1. The topological polar surface area (TPSA) is 86.6 Å². The zero-order valence-electron chi connectivity index (χ0n) is 11.6. The number of hydrogen-bond donors (Lipinski definition) is 1. The van der Waals surface area contributed by atoms with Gasteiger partial charge in [0.1, 0.15) is 23.9 Å². The lowest BCUT2D eigenvalue weighted by Gasteiger charge is -2.15. The van der Waals surface area contributed by atoms with E-state index >= 15 is 0 Å². The van der Waals surface area contributed by atoms with Crippen LogP contribution in [0.15, 0.2) is 35.5 Å². The fraction of sp³-hybridized carbons (Fsp3) is 0.312. The lowest BCUT2D eigenvalue weighted by atomic mass is 10.1. The summed E-state index contributed by atoms with van der Waals surface area (Å²) in [6.45, 7) is 3.12. The van der Waals surface area contributed by atoms with Crippen LogP contribution in [0.1, 0.15) is 18.4 Å². The lowest BCUT2D eigenvalue weighted by molar-refractivity contribution is 0.331. The molecule has 0 spiro atoms. The van der Waals surface area contributed by atoms with Gasteiger partial charge < -0.3 is 5.32 Å². The van der Waals surface area contributed by atoms with Crippen LogP contribution in [0.3, 0.4) is 0 Å². The minimum Gasteiger partial charge on any atom is -0.345 e. The Bertz CT molecular complexity index is 647. The molecule has 5 heteroatoms. The Hall–Kier alpha value is -2.81. The van der Waals surface area contributed by atoms with Gasteiger partial charge in [-0.05, 0) is 43.6 Å². The number of anilines is 1. The van der Waals surface area contributed by atoms with E-state index in [4.69, 9.17) is 15.8 Å². The number of nitrogens with zero attached hydrogens (tertiary/aromatic N) is 4. The number of nitrogens with one attached hydrogen (secondary N) is 1. The molecular weight excluding hydrogens is 262 g/mol. The van der Waals surface area contributed by atoms with Gasteiger partial charge in [-0.15, -0.1) is 0 Å². The molecule has 0 radical (unpaired) electrons. The van der Waals surface area contributed by atoms with Crippen molar-refractivity contribution in [2.75, 3.05) is 18.4 Å². The van der Waals surface area contributed by atoms with Gasteiger partial charge in [-0.3, -0.25) is 4.90 Å². The van der Waals surface area contributed by atoms with Gasteiger partial charge in [0.15, 0.2) is 5.57 Å². The van der Waals surface area contributed by atoms with Crippen molar-refractivity contribution in [3.63, 3.8) is 0 Å². The molecule has 0 bridgehead atoms. The van der Waals surface area contributed by atoms with Gasteiger partial charge in [0.2, 0.25) is 0 Å². The highest BCUT2D eigenvalue weighted by Crippen LogP contribution is 2.18. The predicted octanol–water partition coefficient (Wildman–Crippen LogP) is 2.52. The van der Waals surface area contributed by atoms with E-state index in [0.717, 1.165) is 25.2 Å². The van der Waals surface area contributed by atoms with E-state index < -0.39 is 0 Å². The van der Waals surface area contributed by atoms with E-state index in [2.05, 4.69) is 10.2 Å². The first-order chi connectivity index (χ1) is 10.3. The maximum Gasteiger partial charge on any atom is 0.163 e. The highest BCUT2D eigenvalue weighted by molar-refractivity contribution is 5.58. The smallest absolute Gasteiger partial charge is 0.163 e. The fourth-order valence-corrected chi connectivity index (χ4v) is 2.37. The van der Waals surface area contributed by atoms with Crippen LogP contribution in [0.4, 0.5) is 5.69 Å². The monoisotopic (exact) mass is 277 g/mol. The van der Waals surface area contributed by atoms with Crippen molar-refractivity contribution in [2.45, 2.75) is 19.4 Å². The lowest BCUT2D eigenvalue weighted by Crippen LogP contribution is -2.18. The Balaban J connectivity index is 2.14. The molecule has 1 fully saturated rings. The molecule has 1 aromatic rings. The molecule has 1 N–H and O–H groups in total. The fourth-order valence-electron chi connectivity index (χ4n) is 2.37. The van der Waals surface area contributed by atoms with Crippen molar-refractivity contribution >= 4 is 5.69 Å². The number of allylic oxidation sites excluding steroid dienone is 2. The Morgan fingerprint density at radius 3 is 2.43 bits per heavy atom. The van der Waals surface area contributed by atoms with E-state index in [9.17, 15) is 0 Å². The molecule has 1 saturated heterocycles. The van der Waals surface area contributed by atoms with Crippen LogP contribution < -0.4 is 5.32 Å². The molecule has 104 valence electrons. The summed E-state index contributed by atoms with van der Waals surface area (Å²) in [6, 6.07) is 13.0. The van der Waals surface area contributed by atoms with E-state index in [1.807, 2.05) is 30.3 Å². The summed E-state index contributed by atoms with van der Waals surface area (Å²) in [5.74, 6) is 0. The SMILES string of the molecule is N#CC(C#N)=C(C#N)Nc1cccc(CN2CCCC2)c1. The molecule has 1 aliphatic rings. The van der Waals surface area contributed by atoms with Gasteiger partial charge in [-0.25, -0.2) is 0 Å². The van der Waals surface area contributed by atoms with Gasteiger partial charge in [0.05, 0.1) is 0 Å². The van der Waals surface area contributed by atoms with E-state index in [1.165, 1.54) is 12.8 Å². The molecule has 5 nitrogen and oxygen atoms in total. The van der Waals surface area contributed by atoms with Gasteiger partial charge in [0.25, 0.3) is 0 Å². The van der Waals surface area contributed by atoms with Crippen LogP contribution in [0.5, 0.6) is 0 Å². The van der Waals surface area contributed by atoms with E-state index in [-0.39, 0.29) is 11.3 Å². The van der Waals surface area contributed by atoms with Crippen LogP contribution in [0.25, 0.3) is 0 Å². The summed E-state index contributed by atoms with van der Waals surface area (Å²) in [6.07, 6.45) is 2.49. The Morgan fingerprint density at radius 2 is 1.81 bits per heavy atom. The molecule has 1 heterocycles. The molecule has 0 unspecified atom stereocenters. The second-order valence-electron chi connectivity index (χ2n) is 4.89. The molecule has 0 aliphatic carbocycles. The summed E-state index contributed by atoms with van der Waals surface area (Å²) in [4.78, 5) is 2.39. The first kappa shape index (κ1) is 14.6. The van der Waals surface area contributed by atoms with E-state index in [1.54, 1.807) is 12.1 Å². The number of hydrogen-bond acceptors (Lipinski definition) is 5. The summed E-state index contributed by atoms with van der Waals surface area (Å²) >= 11 is 0.